The molecule has 1 aliphatic heterocycles. The Morgan fingerprint density at radius 2 is 2.04 bits per heavy atom. The molecule has 9 heteroatoms. The van der Waals surface area contributed by atoms with Crippen molar-refractivity contribution < 1.29 is 31.6 Å². The molecule has 1 amide bonds. The van der Waals surface area contributed by atoms with E-state index in [0.717, 1.165) is 0 Å². The first-order valence-electron chi connectivity index (χ1n) is 8.12. The Kier molecular flexibility index (Phi) is 4.14. The number of fused-ring (bicyclic) bond motifs is 1. The molecule has 0 saturated carbocycles. The molecular weight excluding hydrogens is 365 g/mol. The summed E-state index contributed by atoms with van der Waals surface area (Å²) in [5, 5.41) is 3.79. The third-order valence-corrected chi connectivity index (χ3v) is 4.14. The summed E-state index contributed by atoms with van der Waals surface area (Å²) < 4.78 is 51.5. The molecule has 0 radical (unpaired) electrons. The molecular formula is C18H13F3N2O4. The van der Waals surface area contributed by atoms with Gasteiger partial charge in [-0.15, -0.1) is 13.2 Å². The number of nitrogens with zero attached hydrogens (tertiary/aromatic N) is 2. The van der Waals surface area contributed by atoms with Crippen molar-refractivity contribution in [2.24, 2.45) is 0 Å². The van der Waals surface area contributed by atoms with E-state index in [9.17, 15) is 18.0 Å². The third-order valence-electron chi connectivity index (χ3n) is 4.14. The minimum Gasteiger partial charge on any atom is -0.461 e. The maximum atomic E-state index is 12.8. The second-order valence-electron chi connectivity index (χ2n) is 5.95. The van der Waals surface area contributed by atoms with Gasteiger partial charge in [-0.25, -0.2) is 0 Å². The number of amides is 1. The number of alkyl halides is 3. The van der Waals surface area contributed by atoms with Crippen LogP contribution in [0.1, 0.15) is 22.5 Å². The predicted octanol–water partition coefficient (Wildman–Crippen LogP) is 4.43. The van der Waals surface area contributed by atoms with Crippen molar-refractivity contribution in [3.05, 3.63) is 53.9 Å². The molecule has 1 aliphatic rings. The number of halogens is 3. The van der Waals surface area contributed by atoms with Crippen LogP contribution in [0.5, 0.6) is 5.75 Å². The summed E-state index contributed by atoms with van der Waals surface area (Å²) in [5.74, 6) is 0.0446. The van der Waals surface area contributed by atoms with Crippen LogP contribution in [0.25, 0.3) is 11.5 Å². The summed E-state index contributed by atoms with van der Waals surface area (Å²) in [4.78, 5) is 14.3. The van der Waals surface area contributed by atoms with E-state index in [1.165, 1.54) is 35.4 Å². The Labute approximate surface area is 151 Å². The molecule has 2 aromatic heterocycles. The van der Waals surface area contributed by atoms with Gasteiger partial charge in [0, 0.05) is 18.3 Å². The molecule has 0 bridgehead atoms. The summed E-state index contributed by atoms with van der Waals surface area (Å²) in [6.07, 6.45) is -2.13. The van der Waals surface area contributed by atoms with Gasteiger partial charge in [0.25, 0.3) is 5.91 Å². The van der Waals surface area contributed by atoms with Gasteiger partial charge in [0.15, 0.2) is 11.5 Å². The monoisotopic (exact) mass is 378 g/mol. The summed E-state index contributed by atoms with van der Waals surface area (Å²) in [5.41, 5.74) is 1.22. The van der Waals surface area contributed by atoms with Crippen molar-refractivity contribution in [1.82, 2.24) is 5.16 Å². The van der Waals surface area contributed by atoms with Gasteiger partial charge >= 0.3 is 6.36 Å². The normalized spacial score (nSPS) is 14.1. The zero-order valence-electron chi connectivity index (χ0n) is 13.8. The maximum absolute atomic E-state index is 12.8. The van der Waals surface area contributed by atoms with Crippen LogP contribution in [0.15, 0.2) is 51.6 Å². The van der Waals surface area contributed by atoms with E-state index in [4.69, 9.17) is 8.94 Å². The second-order valence-corrected chi connectivity index (χ2v) is 5.95. The molecule has 0 N–H and O–H groups in total. The van der Waals surface area contributed by atoms with Crippen molar-refractivity contribution >= 4 is 11.6 Å². The van der Waals surface area contributed by atoms with Crippen LogP contribution in [0.4, 0.5) is 18.9 Å². The Balaban J connectivity index is 1.60. The van der Waals surface area contributed by atoms with Gasteiger partial charge in [0.2, 0.25) is 5.76 Å². The van der Waals surface area contributed by atoms with Crippen molar-refractivity contribution in [3.8, 4) is 17.3 Å². The Bertz CT molecular complexity index is 963. The van der Waals surface area contributed by atoms with E-state index in [2.05, 4.69) is 9.89 Å². The van der Waals surface area contributed by atoms with Crippen LogP contribution in [-0.4, -0.2) is 24.0 Å². The fourth-order valence-corrected chi connectivity index (χ4v) is 3.03. The fourth-order valence-electron chi connectivity index (χ4n) is 3.03. The number of anilines is 1. The molecule has 27 heavy (non-hydrogen) atoms. The molecule has 1 aromatic carbocycles. The molecule has 3 heterocycles. The van der Waals surface area contributed by atoms with Crippen LogP contribution >= 0.6 is 0 Å². The highest BCUT2D eigenvalue weighted by Crippen LogP contribution is 2.33. The van der Waals surface area contributed by atoms with Gasteiger partial charge in [0.05, 0.1) is 6.26 Å². The largest absolute Gasteiger partial charge is 0.573 e. The lowest BCUT2D eigenvalue weighted by Gasteiger charge is -2.29. The van der Waals surface area contributed by atoms with Gasteiger partial charge in [-0.1, -0.05) is 5.16 Å². The van der Waals surface area contributed by atoms with E-state index in [1.54, 1.807) is 12.1 Å². The Morgan fingerprint density at radius 3 is 2.78 bits per heavy atom. The number of benzene rings is 1. The topological polar surface area (TPSA) is 68.7 Å². The molecule has 0 spiro atoms. The van der Waals surface area contributed by atoms with E-state index in [0.29, 0.717) is 42.2 Å². The summed E-state index contributed by atoms with van der Waals surface area (Å²) in [6.45, 7) is 0.425. The third kappa shape index (κ3) is 3.53. The zero-order valence-corrected chi connectivity index (χ0v) is 13.8. The second kappa shape index (κ2) is 6.49. The van der Waals surface area contributed by atoms with Crippen molar-refractivity contribution in [2.45, 2.75) is 19.2 Å². The minimum absolute atomic E-state index is 0.0878. The van der Waals surface area contributed by atoms with Crippen LogP contribution in [0, 0.1) is 0 Å². The summed E-state index contributed by atoms with van der Waals surface area (Å²) >= 11 is 0. The number of carbonyl (C=O) groups is 1. The lowest BCUT2D eigenvalue weighted by atomic mass is 10.0. The first-order chi connectivity index (χ1) is 12.9. The lowest BCUT2D eigenvalue weighted by molar-refractivity contribution is -0.274. The first-order valence-corrected chi connectivity index (χ1v) is 8.12. The summed E-state index contributed by atoms with van der Waals surface area (Å²) in [7, 11) is 0. The average molecular weight is 378 g/mol. The molecule has 4 rings (SSSR count). The smallest absolute Gasteiger partial charge is 0.461 e. The molecule has 140 valence electrons. The van der Waals surface area contributed by atoms with Gasteiger partial charge < -0.3 is 18.6 Å². The lowest BCUT2D eigenvalue weighted by Crippen LogP contribution is -2.35. The number of carbonyl (C=O) groups excluding carboxylic acids is 1. The molecule has 0 atom stereocenters. The van der Waals surface area contributed by atoms with E-state index >= 15 is 0 Å². The number of hydrogen-bond donors (Lipinski definition) is 0. The zero-order chi connectivity index (χ0) is 19.0. The van der Waals surface area contributed by atoms with E-state index < -0.39 is 12.3 Å². The highest BCUT2D eigenvalue weighted by molar-refractivity contribution is 6.05. The van der Waals surface area contributed by atoms with Gasteiger partial charge in [-0.3, -0.25) is 4.79 Å². The Hall–Kier alpha value is -3.23. The number of rotatable bonds is 3. The van der Waals surface area contributed by atoms with Crippen LogP contribution in [0.3, 0.4) is 0 Å². The van der Waals surface area contributed by atoms with Crippen molar-refractivity contribution in [3.63, 3.8) is 0 Å². The van der Waals surface area contributed by atoms with Crippen molar-refractivity contribution in [2.75, 3.05) is 11.4 Å². The highest BCUT2D eigenvalue weighted by Gasteiger charge is 2.32. The molecule has 6 nitrogen and oxygen atoms in total. The van der Waals surface area contributed by atoms with Crippen LogP contribution in [0.2, 0.25) is 0 Å². The first kappa shape index (κ1) is 17.2. The number of aromatic nitrogens is 1. The van der Waals surface area contributed by atoms with Gasteiger partial charge in [-0.2, -0.15) is 0 Å². The number of aryl methyl sites for hydroxylation is 1. The minimum atomic E-state index is -4.76. The average Bonchev–Trinajstić information content (AvgIpc) is 3.30. The molecule has 0 aliphatic carbocycles. The highest BCUT2D eigenvalue weighted by atomic mass is 19.4. The van der Waals surface area contributed by atoms with E-state index in [-0.39, 0.29) is 11.4 Å². The molecule has 3 aromatic rings. The predicted molar refractivity (Wildman–Crippen MR) is 87.3 cm³/mol. The van der Waals surface area contributed by atoms with E-state index in [1.807, 2.05) is 0 Å². The van der Waals surface area contributed by atoms with Gasteiger partial charge in [0.1, 0.15) is 5.75 Å². The van der Waals surface area contributed by atoms with Crippen molar-refractivity contribution in [1.29, 1.82) is 0 Å². The molecule has 0 saturated heterocycles. The quantitative estimate of drug-likeness (QED) is 0.675. The molecule has 0 fully saturated rings. The maximum Gasteiger partial charge on any atom is 0.573 e. The van der Waals surface area contributed by atoms with Gasteiger partial charge in [-0.05, 0) is 48.7 Å². The SMILES string of the molecule is O=C(c1cc(-c2ccco2)on1)N1CCCc2cc(OC(F)(F)F)ccc21. The molecule has 0 unspecified atom stereocenters. The standard InChI is InChI=1S/C18H13F3N2O4/c19-18(20,21)26-12-5-6-14-11(9-12)3-1-7-23(14)17(24)13-10-16(27-22-13)15-4-2-8-25-15/h2,4-6,8-10H,1,3,7H2. The Morgan fingerprint density at radius 1 is 1.19 bits per heavy atom. The number of furan rings is 1. The number of ether oxygens (including phenoxy) is 1. The van der Waals surface area contributed by atoms with Crippen LogP contribution < -0.4 is 9.64 Å². The van der Waals surface area contributed by atoms with Crippen LogP contribution in [-0.2, 0) is 6.42 Å². The fraction of sp³-hybridized carbons (Fsp3) is 0.222. The number of hydrogen-bond acceptors (Lipinski definition) is 5. The summed E-state index contributed by atoms with van der Waals surface area (Å²) in [6, 6.07) is 8.76.